The Labute approximate surface area is 156 Å². The number of rotatable bonds is 3. The standard InChI is InChI=1S/C19H19N3O3S/c1-3-25-19(24)22-8-7-14-15(10-20)18(26-16(14)11-22)21-17(23)13-6-4-5-12(2)9-13/h4-6,9H,3,7-8,11H2,1-2H3,(H,21,23). The van der Waals surface area contributed by atoms with Crippen molar-refractivity contribution in [1.82, 2.24) is 4.90 Å². The molecule has 3 rings (SSSR count). The first-order chi connectivity index (χ1) is 12.5. The first-order valence-electron chi connectivity index (χ1n) is 8.37. The zero-order chi connectivity index (χ0) is 18.7. The Kier molecular flexibility index (Phi) is 5.24. The fraction of sp³-hybridized carbons (Fsp3) is 0.316. The Bertz CT molecular complexity index is 898. The molecule has 1 N–H and O–H groups in total. The van der Waals surface area contributed by atoms with Gasteiger partial charge in [0.15, 0.2) is 0 Å². The molecule has 0 spiro atoms. The molecule has 0 fully saturated rings. The van der Waals surface area contributed by atoms with Gasteiger partial charge < -0.3 is 15.0 Å². The van der Waals surface area contributed by atoms with Crippen LogP contribution in [0, 0.1) is 18.3 Å². The number of carbonyl (C=O) groups is 2. The normalized spacial score (nSPS) is 12.9. The topological polar surface area (TPSA) is 82.4 Å². The van der Waals surface area contributed by atoms with E-state index in [4.69, 9.17) is 4.74 Å². The predicted octanol–water partition coefficient (Wildman–Crippen LogP) is 3.70. The SMILES string of the molecule is CCOC(=O)N1CCc2c(sc(NC(=O)c3cccc(C)c3)c2C#N)C1. The Morgan fingerprint density at radius 2 is 2.23 bits per heavy atom. The molecule has 2 amide bonds. The molecule has 0 radical (unpaired) electrons. The minimum Gasteiger partial charge on any atom is -0.450 e. The summed E-state index contributed by atoms with van der Waals surface area (Å²) in [5, 5.41) is 12.9. The molecule has 1 aromatic heterocycles. The van der Waals surface area contributed by atoms with Crippen LogP contribution in [-0.2, 0) is 17.7 Å². The molecule has 1 aromatic carbocycles. The van der Waals surface area contributed by atoms with Crippen LogP contribution < -0.4 is 5.32 Å². The summed E-state index contributed by atoms with van der Waals surface area (Å²) in [6.07, 6.45) is 0.226. The first kappa shape index (κ1) is 18.0. The Hall–Kier alpha value is -2.85. The van der Waals surface area contributed by atoms with E-state index in [0.29, 0.717) is 42.2 Å². The molecule has 0 saturated heterocycles. The van der Waals surface area contributed by atoms with Crippen LogP contribution in [0.25, 0.3) is 0 Å². The third kappa shape index (κ3) is 3.55. The van der Waals surface area contributed by atoms with E-state index >= 15 is 0 Å². The van der Waals surface area contributed by atoms with Gasteiger partial charge in [-0.2, -0.15) is 5.26 Å². The molecule has 0 aliphatic carbocycles. The molecule has 134 valence electrons. The number of fused-ring (bicyclic) bond motifs is 1. The highest BCUT2D eigenvalue weighted by atomic mass is 32.1. The fourth-order valence-electron chi connectivity index (χ4n) is 2.94. The molecular formula is C19H19N3O3S. The van der Waals surface area contributed by atoms with Crippen LogP contribution in [0.2, 0.25) is 0 Å². The number of hydrogen-bond acceptors (Lipinski definition) is 5. The van der Waals surface area contributed by atoms with Crippen LogP contribution in [0.15, 0.2) is 24.3 Å². The van der Waals surface area contributed by atoms with E-state index in [-0.39, 0.29) is 12.0 Å². The largest absolute Gasteiger partial charge is 0.450 e. The van der Waals surface area contributed by atoms with Crippen molar-refractivity contribution in [2.75, 3.05) is 18.5 Å². The summed E-state index contributed by atoms with van der Waals surface area (Å²) in [7, 11) is 0. The van der Waals surface area contributed by atoms with Crippen LogP contribution >= 0.6 is 11.3 Å². The molecule has 1 aliphatic rings. The van der Waals surface area contributed by atoms with Gasteiger partial charge in [0.25, 0.3) is 5.91 Å². The zero-order valence-corrected chi connectivity index (χ0v) is 15.5. The van der Waals surface area contributed by atoms with Gasteiger partial charge in [-0.1, -0.05) is 17.7 Å². The van der Waals surface area contributed by atoms with Gasteiger partial charge in [-0.3, -0.25) is 4.79 Å². The summed E-state index contributed by atoms with van der Waals surface area (Å²) >= 11 is 1.35. The Balaban J connectivity index is 1.83. The number of carbonyl (C=O) groups excluding carboxylic acids is 2. The fourth-order valence-corrected chi connectivity index (χ4v) is 4.15. The van der Waals surface area contributed by atoms with E-state index < -0.39 is 0 Å². The number of nitrogens with one attached hydrogen (secondary N) is 1. The lowest BCUT2D eigenvalue weighted by atomic mass is 10.0. The highest BCUT2D eigenvalue weighted by Crippen LogP contribution is 2.37. The number of aryl methyl sites for hydroxylation is 1. The molecule has 6 nitrogen and oxygen atoms in total. The first-order valence-corrected chi connectivity index (χ1v) is 9.19. The number of benzene rings is 1. The van der Waals surface area contributed by atoms with Crippen molar-refractivity contribution >= 4 is 28.3 Å². The third-order valence-electron chi connectivity index (χ3n) is 4.20. The number of amides is 2. The van der Waals surface area contributed by atoms with Crippen LogP contribution in [0.3, 0.4) is 0 Å². The van der Waals surface area contributed by atoms with Crippen molar-refractivity contribution < 1.29 is 14.3 Å². The summed E-state index contributed by atoms with van der Waals surface area (Å²) < 4.78 is 5.05. The minimum atomic E-state index is -0.351. The smallest absolute Gasteiger partial charge is 0.410 e. The second-order valence-electron chi connectivity index (χ2n) is 6.01. The second-order valence-corrected chi connectivity index (χ2v) is 7.12. The lowest BCUT2D eigenvalue weighted by molar-refractivity contribution is 0.102. The molecule has 2 aromatic rings. The average Bonchev–Trinajstić information content (AvgIpc) is 2.97. The van der Waals surface area contributed by atoms with Gasteiger partial charge in [-0.25, -0.2) is 4.79 Å². The van der Waals surface area contributed by atoms with Gasteiger partial charge >= 0.3 is 6.09 Å². The quantitative estimate of drug-likeness (QED) is 0.894. The molecule has 0 atom stereocenters. The summed E-state index contributed by atoms with van der Waals surface area (Å²) in [5.41, 5.74) is 2.95. The van der Waals surface area contributed by atoms with E-state index in [1.807, 2.05) is 19.1 Å². The highest BCUT2D eigenvalue weighted by Gasteiger charge is 2.28. The van der Waals surface area contributed by atoms with Gasteiger partial charge in [-0.15, -0.1) is 11.3 Å². The van der Waals surface area contributed by atoms with Crippen molar-refractivity contribution in [2.45, 2.75) is 26.8 Å². The number of nitriles is 1. The zero-order valence-electron chi connectivity index (χ0n) is 14.7. The van der Waals surface area contributed by atoms with Gasteiger partial charge in [0, 0.05) is 17.0 Å². The molecular weight excluding hydrogens is 350 g/mol. The molecule has 7 heteroatoms. The molecule has 2 heterocycles. The summed E-state index contributed by atoms with van der Waals surface area (Å²) in [6.45, 7) is 4.92. The van der Waals surface area contributed by atoms with E-state index in [9.17, 15) is 14.9 Å². The number of thiophene rings is 1. The number of hydrogen-bond donors (Lipinski definition) is 1. The van der Waals surface area contributed by atoms with Gasteiger partial charge in [0.1, 0.15) is 11.1 Å². The number of ether oxygens (including phenoxy) is 1. The van der Waals surface area contributed by atoms with Crippen LogP contribution in [0.4, 0.5) is 9.80 Å². The maximum atomic E-state index is 12.5. The Morgan fingerprint density at radius 3 is 2.92 bits per heavy atom. The van der Waals surface area contributed by atoms with E-state index in [2.05, 4.69) is 11.4 Å². The van der Waals surface area contributed by atoms with Gasteiger partial charge in [0.2, 0.25) is 0 Å². The molecule has 0 saturated carbocycles. The van der Waals surface area contributed by atoms with E-state index in [1.54, 1.807) is 24.0 Å². The van der Waals surface area contributed by atoms with Crippen LogP contribution in [-0.4, -0.2) is 30.1 Å². The molecule has 26 heavy (non-hydrogen) atoms. The average molecular weight is 369 g/mol. The second kappa shape index (κ2) is 7.58. The molecule has 0 unspecified atom stereocenters. The number of nitrogens with zero attached hydrogens (tertiary/aromatic N) is 2. The number of anilines is 1. The third-order valence-corrected chi connectivity index (χ3v) is 5.33. The Morgan fingerprint density at radius 1 is 1.42 bits per heavy atom. The minimum absolute atomic E-state index is 0.244. The summed E-state index contributed by atoms with van der Waals surface area (Å²) in [5.74, 6) is -0.244. The van der Waals surface area contributed by atoms with Crippen molar-refractivity contribution in [3.63, 3.8) is 0 Å². The highest BCUT2D eigenvalue weighted by molar-refractivity contribution is 7.16. The van der Waals surface area contributed by atoms with Crippen molar-refractivity contribution in [3.05, 3.63) is 51.4 Å². The predicted molar refractivity (Wildman–Crippen MR) is 99.3 cm³/mol. The lowest BCUT2D eigenvalue weighted by Gasteiger charge is -2.25. The van der Waals surface area contributed by atoms with Gasteiger partial charge in [-0.05, 0) is 38.0 Å². The summed E-state index contributed by atoms with van der Waals surface area (Å²) in [6, 6.07) is 9.49. The molecule has 1 aliphatic heterocycles. The maximum absolute atomic E-state index is 12.5. The monoisotopic (exact) mass is 369 g/mol. The van der Waals surface area contributed by atoms with Gasteiger partial charge in [0.05, 0.1) is 18.7 Å². The summed E-state index contributed by atoms with van der Waals surface area (Å²) in [4.78, 5) is 27.0. The maximum Gasteiger partial charge on any atom is 0.410 e. The molecule has 0 bridgehead atoms. The van der Waals surface area contributed by atoms with Crippen molar-refractivity contribution in [3.8, 4) is 6.07 Å². The van der Waals surface area contributed by atoms with E-state index in [1.165, 1.54) is 11.3 Å². The van der Waals surface area contributed by atoms with Crippen LogP contribution in [0.1, 0.15) is 38.8 Å². The van der Waals surface area contributed by atoms with Crippen LogP contribution in [0.5, 0.6) is 0 Å². The lowest BCUT2D eigenvalue weighted by Crippen LogP contribution is -2.35. The van der Waals surface area contributed by atoms with E-state index in [0.717, 1.165) is 16.0 Å². The van der Waals surface area contributed by atoms with Crippen molar-refractivity contribution in [2.24, 2.45) is 0 Å². The van der Waals surface area contributed by atoms with Crippen molar-refractivity contribution in [1.29, 1.82) is 5.26 Å².